The molecule has 2 N–H and O–H groups in total. The van der Waals surface area contributed by atoms with Gasteiger partial charge in [0.1, 0.15) is 0 Å². The van der Waals surface area contributed by atoms with Crippen LogP contribution in [0.3, 0.4) is 0 Å². The Kier molecular flexibility index (Phi) is 3.28. The molecule has 0 aliphatic carbocycles. The maximum atomic E-state index is 3.51. The fourth-order valence-corrected chi connectivity index (χ4v) is 4.25. The van der Waals surface area contributed by atoms with Crippen molar-refractivity contribution in [3.05, 3.63) is 58.3 Å². The molecular weight excluding hydrogens is 308 g/mol. The van der Waals surface area contributed by atoms with E-state index in [0.29, 0.717) is 0 Å². The monoisotopic (exact) mass is 324 g/mol. The Hall–Kier alpha value is -2.04. The van der Waals surface area contributed by atoms with Crippen LogP contribution in [0, 0.1) is 13.8 Å². The average molecular weight is 324 g/mol. The molecule has 4 rings (SSSR count). The van der Waals surface area contributed by atoms with E-state index in [1.165, 1.54) is 30.9 Å². The molecular formula is C18H16N2S2. The molecule has 0 aromatic carbocycles. The molecule has 0 radical (unpaired) electrons. The zero-order valence-corrected chi connectivity index (χ0v) is 14.1. The predicted molar refractivity (Wildman–Crippen MR) is 96.7 cm³/mol. The lowest BCUT2D eigenvalue weighted by Gasteiger charge is -1.95. The maximum Gasteiger partial charge on any atom is 0.0624 e. The second kappa shape index (κ2) is 5.30. The van der Waals surface area contributed by atoms with Gasteiger partial charge in [-0.2, -0.15) is 0 Å². The summed E-state index contributed by atoms with van der Waals surface area (Å²) in [6.07, 6.45) is 0. The molecule has 110 valence electrons. The summed E-state index contributed by atoms with van der Waals surface area (Å²) < 4.78 is 0. The molecule has 0 unspecified atom stereocenters. The van der Waals surface area contributed by atoms with Crippen LogP contribution in [0.25, 0.3) is 32.5 Å². The molecule has 0 saturated heterocycles. The summed E-state index contributed by atoms with van der Waals surface area (Å²) in [4.78, 5) is 12.3. The van der Waals surface area contributed by atoms with Crippen LogP contribution in [0.15, 0.2) is 48.5 Å². The smallest absolute Gasteiger partial charge is 0.0624 e. The number of hydrogen-bond acceptors (Lipinski definition) is 2. The Morgan fingerprint density at radius 1 is 0.545 bits per heavy atom. The van der Waals surface area contributed by atoms with Crippen LogP contribution in [-0.4, -0.2) is 9.97 Å². The van der Waals surface area contributed by atoms with Gasteiger partial charge in [-0.25, -0.2) is 0 Å². The van der Waals surface area contributed by atoms with Crippen LogP contribution in [0.1, 0.15) is 9.75 Å². The number of aromatic amines is 2. The summed E-state index contributed by atoms with van der Waals surface area (Å²) in [5.41, 5.74) is 4.61. The van der Waals surface area contributed by atoms with Gasteiger partial charge in [0.25, 0.3) is 0 Å². The molecule has 0 atom stereocenters. The number of aryl methyl sites for hydroxylation is 2. The van der Waals surface area contributed by atoms with Gasteiger partial charge in [-0.15, -0.1) is 22.7 Å². The summed E-state index contributed by atoms with van der Waals surface area (Å²) in [6.45, 7) is 4.27. The molecule has 0 aliphatic heterocycles. The lowest BCUT2D eigenvalue weighted by molar-refractivity contribution is 1.34. The van der Waals surface area contributed by atoms with Gasteiger partial charge >= 0.3 is 0 Å². The van der Waals surface area contributed by atoms with Crippen LogP contribution >= 0.6 is 22.7 Å². The second-order valence-corrected chi connectivity index (χ2v) is 7.97. The molecule has 4 heteroatoms. The number of thiophene rings is 2. The van der Waals surface area contributed by atoms with Crippen molar-refractivity contribution >= 4 is 22.7 Å². The number of nitrogens with one attached hydrogen (secondary N) is 2. The van der Waals surface area contributed by atoms with Crippen LogP contribution in [0.2, 0.25) is 0 Å². The van der Waals surface area contributed by atoms with Crippen molar-refractivity contribution in [2.75, 3.05) is 0 Å². The van der Waals surface area contributed by atoms with E-state index in [9.17, 15) is 0 Å². The van der Waals surface area contributed by atoms with Gasteiger partial charge in [0.05, 0.1) is 32.5 Å². The van der Waals surface area contributed by atoms with E-state index >= 15 is 0 Å². The molecule has 0 saturated carbocycles. The third kappa shape index (κ3) is 2.45. The van der Waals surface area contributed by atoms with E-state index < -0.39 is 0 Å². The molecule has 0 amide bonds. The minimum absolute atomic E-state index is 1.13. The van der Waals surface area contributed by atoms with Crippen LogP contribution < -0.4 is 0 Å². The van der Waals surface area contributed by atoms with Crippen molar-refractivity contribution in [3.8, 4) is 32.5 Å². The number of rotatable bonds is 3. The van der Waals surface area contributed by atoms with E-state index in [1.54, 1.807) is 0 Å². The highest BCUT2D eigenvalue weighted by atomic mass is 32.1. The van der Waals surface area contributed by atoms with Gasteiger partial charge in [-0.05, 0) is 62.4 Å². The lowest BCUT2D eigenvalue weighted by Crippen LogP contribution is -1.78. The van der Waals surface area contributed by atoms with E-state index in [4.69, 9.17) is 0 Å². The first-order valence-corrected chi connectivity index (χ1v) is 8.84. The summed E-state index contributed by atoms with van der Waals surface area (Å²) in [6, 6.07) is 17.2. The van der Waals surface area contributed by atoms with Crippen molar-refractivity contribution in [1.82, 2.24) is 9.97 Å². The third-order valence-corrected chi connectivity index (χ3v) is 5.74. The minimum Gasteiger partial charge on any atom is -0.353 e. The Morgan fingerprint density at radius 3 is 1.32 bits per heavy atom. The van der Waals surface area contributed by atoms with Crippen molar-refractivity contribution in [2.24, 2.45) is 0 Å². The molecule has 0 fully saturated rings. The van der Waals surface area contributed by atoms with Gasteiger partial charge in [0.15, 0.2) is 0 Å². The van der Waals surface area contributed by atoms with Crippen molar-refractivity contribution in [1.29, 1.82) is 0 Å². The highest BCUT2D eigenvalue weighted by molar-refractivity contribution is 7.15. The lowest BCUT2D eigenvalue weighted by atomic mass is 10.3. The molecule has 0 spiro atoms. The average Bonchev–Trinajstić information content (AvgIpc) is 3.24. The first kappa shape index (κ1) is 13.6. The molecule has 4 heterocycles. The minimum atomic E-state index is 1.13. The zero-order valence-electron chi connectivity index (χ0n) is 12.4. The highest BCUT2D eigenvalue weighted by Gasteiger charge is 2.09. The maximum absolute atomic E-state index is 3.51. The summed E-state index contributed by atoms with van der Waals surface area (Å²) in [5.74, 6) is 0. The predicted octanol–water partition coefficient (Wildman–Crippen LogP) is 6.08. The number of aromatic nitrogens is 2. The Morgan fingerprint density at radius 2 is 0.955 bits per heavy atom. The number of hydrogen-bond donors (Lipinski definition) is 2. The highest BCUT2D eigenvalue weighted by Crippen LogP contribution is 2.32. The number of H-pyrrole nitrogens is 2. The van der Waals surface area contributed by atoms with Crippen LogP contribution in [0.4, 0.5) is 0 Å². The zero-order chi connectivity index (χ0) is 15.1. The van der Waals surface area contributed by atoms with E-state index in [-0.39, 0.29) is 0 Å². The van der Waals surface area contributed by atoms with Crippen molar-refractivity contribution in [2.45, 2.75) is 13.8 Å². The molecule has 0 bridgehead atoms. The van der Waals surface area contributed by atoms with E-state index in [1.807, 2.05) is 22.7 Å². The first-order chi connectivity index (χ1) is 10.7. The Labute approximate surface area is 137 Å². The normalized spacial score (nSPS) is 11.2. The Balaban J connectivity index is 1.65. The van der Waals surface area contributed by atoms with E-state index in [2.05, 4.69) is 72.3 Å². The fraction of sp³-hybridized carbons (Fsp3) is 0.111. The SMILES string of the molecule is Cc1ccc(-c2ccc(-c3ccc(-c4ccc(C)s4)[nH]3)[nH]2)s1. The Bertz CT molecular complexity index is 844. The molecule has 4 aromatic heterocycles. The summed E-state index contributed by atoms with van der Waals surface area (Å²) in [5, 5.41) is 0. The van der Waals surface area contributed by atoms with Gasteiger partial charge in [0.2, 0.25) is 0 Å². The quantitative estimate of drug-likeness (QED) is 0.457. The molecule has 22 heavy (non-hydrogen) atoms. The van der Waals surface area contributed by atoms with Gasteiger partial charge < -0.3 is 9.97 Å². The standard InChI is InChI=1S/C18H16N2S2/c1-11-3-9-17(21-11)15-7-5-13(19-15)14-6-8-16(20-14)18-10-4-12(2)22-18/h3-10,19-20H,1-2H3. The topological polar surface area (TPSA) is 31.6 Å². The van der Waals surface area contributed by atoms with E-state index in [0.717, 1.165) is 11.4 Å². The molecule has 4 aromatic rings. The van der Waals surface area contributed by atoms with Crippen molar-refractivity contribution in [3.63, 3.8) is 0 Å². The van der Waals surface area contributed by atoms with Gasteiger partial charge in [0, 0.05) is 9.75 Å². The van der Waals surface area contributed by atoms with Gasteiger partial charge in [-0.1, -0.05) is 0 Å². The molecule has 2 nitrogen and oxygen atoms in total. The summed E-state index contributed by atoms with van der Waals surface area (Å²) >= 11 is 3.63. The fourth-order valence-electron chi connectivity index (χ4n) is 2.55. The largest absolute Gasteiger partial charge is 0.353 e. The van der Waals surface area contributed by atoms with Crippen molar-refractivity contribution < 1.29 is 0 Å². The summed E-state index contributed by atoms with van der Waals surface area (Å²) in [7, 11) is 0. The first-order valence-electron chi connectivity index (χ1n) is 7.21. The second-order valence-electron chi connectivity index (χ2n) is 5.39. The van der Waals surface area contributed by atoms with Gasteiger partial charge in [-0.3, -0.25) is 0 Å². The third-order valence-electron chi connectivity index (χ3n) is 3.67. The van der Waals surface area contributed by atoms with Crippen LogP contribution in [0.5, 0.6) is 0 Å². The molecule has 0 aliphatic rings. The van der Waals surface area contributed by atoms with Crippen LogP contribution in [-0.2, 0) is 0 Å².